The third-order valence-electron chi connectivity index (χ3n) is 6.08. The second kappa shape index (κ2) is 11.1. The Bertz CT molecular complexity index is 970. The first kappa shape index (κ1) is 22.3. The fourth-order valence-electron chi connectivity index (χ4n) is 4.33. The highest BCUT2D eigenvalue weighted by Crippen LogP contribution is 2.26. The van der Waals surface area contributed by atoms with Crippen molar-refractivity contribution in [2.24, 2.45) is 0 Å². The van der Waals surface area contributed by atoms with Crippen LogP contribution in [0.15, 0.2) is 54.6 Å². The van der Waals surface area contributed by atoms with Crippen molar-refractivity contribution in [3.05, 3.63) is 54.6 Å². The molecule has 1 saturated carbocycles. The fraction of sp³-hybridized carbons (Fsp3) is 0.462. The molecular formula is C26H35N5O. The van der Waals surface area contributed by atoms with Crippen molar-refractivity contribution < 1.29 is 4.74 Å². The molecule has 2 aromatic carbocycles. The first-order valence-electron chi connectivity index (χ1n) is 11.8. The molecule has 6 nitrogen and oxygen atoms in total. The minimum Gasteiger partial charge on any atom is -0.494 e. The first-order valence-corrected chi connectivity index (χ1v) is 11.8. The van der Waals surface area contributed by atoms with Gasteiger partial charge in [0.15, 0.2) is 0 Å². The van der Waals surface area contributed by atoms with E-state index in [9.17, 15) is 0 Å². The number of nitrogens with zero attached hydrogens (tertiary/aromatic N) is 3. The molecule has 4 rings (SSSR count). The van der Waals surface area contributed by atoms with Crippen LogP contribution in [0.1, 0.15) is 38.5 Å². The van der Waals surface area contributed by atoms with Gasteiger partial charge in [0.25, 0.3) is 0 Å². The number of hydrogen-bond acceptors (Lipinski definition) is 6. The maximum absolute atomic E-state index is 5.77. The number of unbranched alkanes of at least 4 members (excludes halogenated alkanes) is 1. The molecule has 170 valence electrons. The molecule has 0 saturated heterocycles. The molecule has 3 aromatic rings. The molecule has 0 atom stereocenters. The standard InChI is InChI=1S/C26H35N5O/c1-31(2)25-23-12-6-7-13-24(23)29-26(30-25)28-21-16-14-20(15-17-21)27-18-8-9-19-32-22-10-4-3-5-11-22/h3-7,10-13,20-21,27H,8-9,14-19H2,1-2H3,(H,28,29,30)/t20-,21+. The third kappa shape index (κ3) is 6.10. The first-order chi connectivity index (χ1) is 15.7. The molecular weight excluding hydrogens is 398 g/mol. The second-order valence-corrected chi connectivity index (χ2v) is 8.80. The average Bonchev–Trinajstić information content (AvgIpc) is 2.82. The molecule has 0 spiro atoms. The normalized spacial score (nSPS) is 18.4. The number of aromatic nitrogens is 2. The molecule has 0 radical (unpaired) electrons. The quantitative estimate of drug-likeness (QED) is 0.445. The molecule has 0 unspecified atom stereocenters. The van der Waals surface area contributed by atoms with E-state index in [-0.39, 0.29) is 0 Å². The summed E-state index contributed by atoms with van der Waals surface area (Å²) in [5, 5.41) is 8.41. The van der Waals surface area contributed by atoms with Gasteiger partial charge in [0.1, 0.15) is 11.6 Å². The number of para-hydroxylation sites is 2. The summed E-state index contributed by atoms with van der Waals surface area (Å²) in [6, 6.07) is 19.3. The summed E-state index contributed by atoms with van der Waals surface area (Å²) in [4.78, 5) is 11.6. The lowest BCUT2D eigenvalue weighted by atomic mass is 9.91. The zero-order valence-electron chi connectivity index (χ0n) is 19.3. The van der Waals surface area contributed by atoms with E-state index in [1.165, 1.54) is 12.8 Å². The molecule has 32 heavy (non-hydrogen) atoms. The van der Waals surface area contributed by atoms with Crippen LogP contribution in [0.2, 0.25) is 0 Å². The Morgan fingerprint density at radius 1 is 0.875 bits per heavy atom. The van der Waals surface area contributed by atoms with Crippen LogP contribution >= 0.6 is 0 Å². The van der Waals surface area contributed by atoms with Crippen molar-refractivity contribution in [2.45, 2.75) is 50.6 Å². The molecule has 6 heteroatoms. The number of benzene rings is 2. The van der Waals surface area contributed by atoms with Crippen LogP contribution in [0.25, 0.3) is 10.9 Å². The Morgan fingerprint density at radius 2 is 1.59 bits per heavy atom. The summed E-state index contributed by atoms with van der Waals surface area (Å²) >= 11 is 0. The van der Waals surface area contributed by atoms with Crippen LogP contribution in [0.3, 0.4) is 0 Å². The number of fused-ring (bicyclic) bond motifs is 1. The number of ether oxygens (including phenoxy) is 1. The van der Waals surface area contributed by atoms with Crippen molar-refractivity contribution in [3.8, 4) is 5.75 Å². The van der Waals surface area contributed by atoms with Gasteiger partial charge < -0.3 is 20.3 Å². The minimum absolute atomic E-state index is 0.434. The Balaban J connectivity index is 1.17. The predicted octanol–water partition coefficient (Wildman–Crippen LogP) is 4.87. The van der Waals surface area contributed by atoms with E-state index < -0.39 is 0 Å². The van der Waals surface area contributed by atoms with Gasteiger partial charge >= 0.3 is 0 Å². The summed E-state index contributed by atoms with van der Waals surface area (Å²) in [5.74, 6) is 2.66. The van der Waals surface area contributed by atoms with Crippen LogP contribution in [0.5, 0.6) is 5.75 Å². The van der Waals surface area contributed by atoms with Gasteiger partial charge in [-0.25, -0.2) is 4.98 Å². The highest BCUT2D eigenvalue weighted by molar-refractivity contribution is 5.90. The van der Waals surface area contributed by atoms with Gasteiger partial charge in [0.05, 0.1) is 12.1 Å². The topological polar surface area (TPSA) is 62.3 Å². The number of hydrogen-bond donors (Lipinski definition) is 2. The summed E-state index contributed by atoms with van der Waals surface area (Å²) in [6.45, 7) is 1.84. The number of rotatable bonds is 10. The van der Waals surface area contributed by atoms with E-state index in [0.717, 1.165) is 67.3 Å². The highest BCUT2D eigenvalue weighted by atomic mass is 16.5. The van der Waals surface area contributed by atoms with E-state index >= 15 is 0 Å². The highest BCUT2D eigenvalue weighted by Gasteiger charge is 2.21. The summed E-state index contributed by atoms with van der Waals surface area (Å²) in [6.07, 6.45) is 6.87. The van der Waals surface area contributed by atoms with E-state index in [1.54, 1.807) is 0 Å². The van der Waals surface area contributed by atoms with Crippen molar-refractivity contribution in [1.29, 1.82) is 0 Å². The molecule has 1 aliphatic rings. The van der Waals surface area contributed by atoms with Crippen molar-refractivity contribution in [2.75, 3.05) is 37.5 Å². The molecule has 1 aliphatic carbocycles. The molecule has 1 heterocycles. The fourth-order valence-corrected chi connectivity index (χ4v) is 4.33. The molecule has 0 bridgehead atoms. The van der Waals surface area contributed by atoms with Crippen LogP contribution < -0.4 is 20.3 Å². The largest absolute Gasteiger partial charge is 0.494 e. The zero-order chi connectivity index (χ0) is 22.2. The molecule has 2 N–H and O–H groups in total. The van der Waals surface area contributed by atoms with Gasteiger partial charge in [-0.3, -0.25) is 0 Å². The van der Waals surface area contributed by atoms with Gasteiger partial charge in [-0.15, -0.1) is 0 Å². The van der Waals surface area contributed by atoms with Crippen LogP contribution in [-0.4, -0.2) is 49.3 Å². The van der Waals surface area contributed by atoms with Gasteiger partial charge in [-0.05, 0) is 69.3 Å². The lowest BCUT2D eigenvalue weighted by molar-refractivity contribution is 0.299. The number of anilines is 2. The third-order valence-corrected chi connectivity index (χ3v) is 6.08. The Morgan fingerprint density at radius 3 is 2.38 bits per heavy atom. The predicted molar refractivity (Wildman–Crippen MR) is 133 cm³/mol. The molecule has 1 aromatic heterocycles. The Labute approximate surface area is 191 Å². The smallest absolute Gasteiger partial charge is 0.225 e. The number of nitrogens with one attached hydrogen (secondary N) is 2. The summed E-state index contributed by atoms with van der Waals surface area (Å²) in [7, 11) is 4.06. The minimum atomic E-state index is 0.434. The van der Waals surface area contributed by atoms with E-state index in [4.69, 9.17) is 14.7 Å². The maximum atomic E-state index is 5.77. The van der Waals surface area contributed by atoms with Crippen LogP contribution in [-0.2, 0) is 0 Å². The van der Waals surface area contributed by atoms with Gasteiger partial charge in [0.2, 0.25) is 5.95 Å². The van der Waals surface area contributed by atoms with Crippen molar-refractivity contribution >= 4 is 22.7 Å². The van der Waals surface area contributed by atoms with Crippen molar-refractivity contribution in [3.63, 3.8) is 0 Å². The SMILES string of the molecule is CN(C)c1nc(N[C@H]2CC[C@@H](NCCCCOc3ccccc3)CC2)nc2ccccc12. The Kier molecular flexibility index (Phi) is 7.77. The lowest BCUT2D eigenvalue weighted by Crippen LogP contribution is -2.37. The van der Waals surface area contributed by atoms with E-state index in [0.29, 0.717) is 12.1 Å². The monoisotopic (exact) mass is 433 g/mol. The van der Waals surface area contributed by atoms with Crippen LogP contribution in [0.4, 0.5) is 11.8 Å². The van der Waals surface area contributed by atoms with E-state index in [2.05, 4.69) is 27.7 Å². The zero-order valence-corrected chi connectivity index (χ0v) is 19.3. The molecule has 0 aliphatic heterocycles. The maximum Gasteiger partial charge on any atom is 0.225 e. The second-order valence-electron chi connectivity index (χ2n) is 8.80. The van der Waals surface area contributed by atoms with E-state index in [1.807, 2.05) is 56.6 Å². The van der Waals surface area contributed by atoms with Gasteiger partial charge in [-0.1, -0.05) is 30.3 Å². The summed E-state index contributed by atoms with van der Waals surface area (Å²) < 4.78 is 5.77. The summed E-state index contributed by atoms with van der Waals surface area (Å²) in [5.41, 5.74) is 0.986. The Hall–Kier alpha value is -2.86. The van der Waals surface area contributed by atoms with Crippen LogP contribution in [0, 0.1) is 0 Å². The van der Waals surface area contributed by atoms with Gasteiger partial charge in [-0.2, -0.15) is 4.98 Å². The molecule has 0 amide bonds. The lowest BCUT2D eigenvalue weighted by Gasteiger charge is -2.30. The molecule has 1 fully saturated rings. The van der Waals surface area contributed by atoms with Gasteiger partial charge in [0, 0.05) is 31.6 Å². The van der Waals surface area contributed by atoms with Crippen molar-refractivity contribution in [1.82, 2.24) is 15.3 Å². The average molecular weight is 434 g/mol.